The zero-order valence-corrected chi connectivity index (χ0v) is 18.1. The first-order valence-corrected chi connectivity index (χ1v) is 11.2. The summed E-state index contributed by atoms with van der Waals surface area (Å²) < 4.78 is 34.1. The van der Waals surface area contributed by atoms with Crippen LogP contribution in [0.4, 0.5) is 0 Å². The van der Waals surface area contributed by atoms with Gasteiger partial charge in [0.25, 0.3) is 10.0 Å². The van der Waals surface area contributed by atoms with Crippen LogP contribution in [0.15, 0.2) is 82.8 Å². The highest BCUT2D eigenvalue weighted by atomic mass is 32.2. The monoisotopic (exact) mass is 420 g/mol. The van der Waals surface area contributed by atoms with E-state index in [1.807, 2.05) is 61.5 Å². The molecule has 0 aliphatic carbocycles. The molecule has 6 heteroatoms. The summed E-state index contributed by atoms with van der Waals surface area (Å²) in [5.74, 6) is 0.646. The summed E-state index contributed by atoms with van der Waals surface area (Å²) >= 11 is 0. The normalized spacial score (nSPS) is 16.4. The maximum absolute atomic E-state index is 13.6. The minimum Gasteiger partial charge on any atom is -0.496 e. The fraction of sp³-hybridized carbons (Fsp3) is 0.208. The fourth-order valence-corrected chi connectivity index (χ4v) is 5.41. The van der Waals surface area contributed by atoms with Crippen molar-refractivity contribution < 1.29 is 13.2 Å². The highest BCUT2D eigenvalue weighted by molar-refractivity contribution is 7.89. The van der Waals surface area contributed by atoms with Crippen LogP contribution in [-0.2, 0) is 10.0 Å². The minimum atomic E-state index is -3.85. The molecule has 3 aromatic carbocycles. The van der Waals surface area contributed by atoms with E-state index in [9.17, 15) is 8.42 Å². The van der Waals surface area contributed by atoms with Crippen molar-refractivity contribution in [2.24, 2.45) is 5.10 Å². The van der Waals surface area contributed by atoms with Crippen molar-refractivity contribution in [2.75, 3.05) is 7.11 Å². The SMILES string of the molecule is COc1ccccc1C1CC(c2ccc(C)cc2)=NN1S(=O)(=O)c1ccccc1C. The number of ether oxygens (including phenoxy) is 1. The number of benzene rings is 3. The third kappa shape index (κ3) is 3.59. The van der Waals surface area contributed by atoms with Crippen LogP contribution in [0.2, 0.25) is 0 Å². The van der Waals surface area contributed by atoms with E-state index in [-0.39, 0.29) is 4.90 Å². The lowest BCUT2D eigenvalue weighted by molar-refractivity contribution is 0.350. The lowest BCUT2D eigenvalue weighted by Crippen LogP contribution is -2.28. The van der Waals surface area contributed by atoms with Gasteiger partial charge in [-0.25, -0.2) is 0 Å². The Balaban J connectivity index is 1.85. The second kappa shape index (κ2) is 7.95. The molecule has 3 aromatic rings. The van der Waals surface area contributed by atoms with Crippen LogP contribution in [0.1, 0.15) is 34.7 Å². The van der Waals surface area contributed by atoms with Crippen LogP contribution in [0.25, 0.3) is 0 Å². The standard InChI is InChI=1S/C24H24N2O3S/c1-17-12-14-19(15-13-17)21-16-22(20-9-5-6-10-23(20)29-3)26(25-21)30(27,28)24-11-7-4-8-18(24)2/h4-15,22H,16H2,1-3H3. The van der Waals surface area contributed by atoms with Crippen molar-refractivity contribution in [1.29, 1.82) is 0 Å². The van der Waals surface area contributed by atoms with Crippen LogP contribution in [0.3, 0.4) is 0 Å². The summed E-state index contributed by atoms with van der Waals surface area (Å²) in [5.41, 5.74) is 4.28. The summed E-state index contributed by atoms with van der Waals surface area (Å²) in [4.78, 5) is 0.263. The van der Waals surface area contributed by atoms with Gasteiger partial charge in [0.1, 0.15) is 5.75 Å². The molecule has 30 heavy (non-hydrogen) atoms. The smallest absolute Gasteiger partial charge is 0.279 e. The van der Waals surface area contributed by atoms with Crippen LogP contribution in [-0.4, -0.2) is 25.7 Å². The van der Waals surface area contributed by atoms with Crippen LogP contribution in [0.5, 0.6) is 5.75 Å². The Morgan fingerprint density at radius 2 is 1.60 bits per heavy atom. The summed E-state index contributed by atoms with van der Waals surface area (Å²) in [6.45, 7) is 3.82. The van der Waals surface area contributed by atoms with Gasteiger partial charge in [0.2, 0.25) is 0 Å². The van der Waals surface area contributed by atoms with E-state index in [1.54, 1.807) is 32.2 Å². The van der Waals surface area contributed by atoms with E-state index in [4.69, 9.17) is 4.74 Å². The molecule has 0 fully saturated rings. The number of aryl methyl sites for hydroxylation is 2. The highest BCUT2D eigenvalue weighted by Gasteiger charge is 2.39. The molecule has 0 aromatic heterocycles. The van der Waals surface area contributed by atoms with Crippen molar-refractivity contribution in [1.82, 2.24) is 4.41 Å². The predicted molar refractivity (Wildman–Crippen MR) is 118 cm³/mol. The first-order valence-electron chi connectivity index (χ1n) is 9.79. The maximum atomic E-state index is 13.6. The highest BCUT2D eigenvalue weighted by Crippen LogP contribution is 2.40. The minimum absolute atomic E-state index is 0.263. The Morgan fingerprint density at radius 3 is 2.30 bits per heavy atom. The van der Waals surface area contributed by atoms with Crippen molar-refractivity contribution in [3.63, 3.8) is 0 Å². The molecule has 4 rings (SSSR count). The van der Waals surface area contributed by atoms with Gasteiger partial charge >= 0.3 is 0 Å². The topological polar surface area (TPSA) is 59.0 Å². The molecule has 0 saturated carbocycles. The molecular weight excluding hydrogens is 396 g/mol. The molecule has 0 spiro atoms. The molecule has 1 atom stereocenters. The van der Waals surface area contributed by atoms with Crippen LogP contribution < -0.4 is 4.74 Å². The second-order valence-electron chi connectivity index (χ2n) is 7.42. The summed E-state index contributed by atoms with van der Waals surface area (Å²) in [7, 11) is -2.26. The molecule has 154 valence electrons. The van der Waals surface area contributed by atoms with Gasteiger partial charge < -0.3 is 4.74 Å². The van der Waals surface area contributed by atoms with Gasteiger partial charge in [-0.2, -0.15) is 17.9 Å². The molecule has 0 N–H and O–H groups in total. The van der Waals surface area contributed by atoms with Crippen LogP contribution >= 0.6 is 0 Å². The summed E-state index contributed by atoms with van der Waals surface area (Å²) in [5, 5.41) is 4.62. The van der Waals surface area contributed by atoms with Gasteiger partial charge in [-0.1, -0.05) is 66.2 Å². The third-order valence-electron chi connectivity index (χ3n) is 5.37. The van der Waals surface area contributed by atoms with E-state index in [0.717, 1.165) is 22.4 Å². The van der Waals surface area contributed by atoms with Gasteiger partial charge in [-0.3, -0.25) is 0 Å². The largest absolute Gasteiger partial charge is 0.496 e. The van der Waals surface area contributed by atoms with E-state index in [0.29, 0.717) is 17.7 Å². The molecule has 0 amide bonds. The Kier molecular flexibility index (Phi) is 5.35. The molecule has 1 unspecified atom stereocenters. The third-order valence-corrected chi connectivity index (χ3v) is 7.22. The zero-order chi connectivity index (χ0) is 21.3. The second-order valence-corrected chi connectivity index (χ2v) is 9.18. The van der Waals surface area contributed by atoms with E-state index < -0.39 is 16.1 Å². The fourth-order valence-electron chi connectivity index (χ4n) is 3.75. The quantitative estimate of drug-likeness (QED) is 0.593. The van der Waals surface area contributed by atoms with Crippen molar-refractivity contribution >= 4 is 15.7 Å². The van der Waals surface area contributed by atoms with Gasteiger partial charge in [0, 0.05) is 12.0 Å². The van der Waals surface area contributed by atoms with E-state index >= 15 is 0 Å². The zero-order valence-electron chi connectivity index (χ0n) is 17.2. The summed E-state index contributed by atoms with van der Waals surface area (Å²) in [6, 6.07) is 22.0. The van der Waals surface area contributed by atoms with E-state index in [2.05, 4.69) is 5.10 Å². The Hall–Kier alpha value is -3.12. The number of hydrogen-bond donors (Lipinski definition) is 0. The Bertz CT molecular complexity index is 1200. The molecule has 5 nitrogen and oxygen atoms in total. The van der Waals surface area contributed by atoms with Gasteiger partial charge in [-0.05, 0) is 37.1 Å². The number of nitrogens with zero attached hydrogens (tertiary/aromatic N) is 2. The lowest BCUT2D eigenvalue weighted by Gasteiger charge is -2.25. The summed E-state index contributed by atoms with van der Waals surface area (Å²) in [6.07, 6.45) is 0.467. The number of hydrogen-bond acceptors (Lipinski definition) is 4. The van der Waals surface area contributed by atoms with Gasteiger partial charge in [-0.15, -0.1) is 0 Å². The predicted octanol–water partition coefficient (Wildman–Crippen LogP) is 4.85. The van der Waals surface area contributed by atoms with Crippen molar-refractivity contribution in [3.05, 3.63) is 95.1 Å². The molecule has 1 heterocycles. The molecular formula is C24H24N2O3S. The average molecular weight is 421 g/mol. The first kappa shape index (κ1) is 20.2. The number of hydrazone groups is 1. The maximum Gasteiger partial charge on any atom is 0.279 e. The number of sulfonamides is 1. The Labute approximate surface area is 177 Å². The van der Waals surface area contributed by atoms with Gasteiger partial charge in [0.05, 0.1) is 23.8 Å². The number of methoxy groups -OCH3 is 1. The Morgan fingerprint density at radius 1 is 0.933 bits per heavy atom. The molecule has 0 saturated heterocycles. The molecule has 1 aliphatic rings. The van der Waals surface area contributed by atoms with E-state index in [1.165, 1.54) is 4.41 Å². The van der Waals surface area contributed by atoms with Gasteiger partial charge in [0.15, 0.2) is 0 Å². The van der Waals surface area contributed by atoms with Crippen molar-refractivity contribution in [3.8, 4) is 5.75 Å². The van der Waals surface area contributed by atoms with Crippen molar-refractivity contribution in [2.45, 2.75) is 31.2 Å². The lowest BCUT2D eigenvalue weighted by atomic mass is 9.98. The van der Waals surface area contributed by atoms with Crippen LogP contribution in [0, 0.1) is 13.8 Å². The first-order chi connectivity index (χ1) is 14.4. The molecule has 0 bridgehead atoms. The number of rotatable bonds is 5. The molecule has 0 radical (unpaired) electrons. The molecule has 1 aliphatic heterocycles. The number of para-hydroxylation sites is 1. The average Bonchev–Trinajstić information content (AvgIpc) is 3.20.